The van der Waals surface area contributed by atoms with Crippen LogP contribution < -0.4 is 0 Å². The summed E-state index contributed by atoms with van der Waals surface area (Å²) < 4.78 is 0. The van der Waals surface area contributed by atoms with Crippen LogP contribution in [0.2, 0.25) is 0 Å². The van der Waals surface area contributed by atoms with Crippen molar-refractivity contribution in [3.05, 3.63) is 22.5 Å². The largest absolute Gasteiger partial charge is 0.257 e. The van der Waals surface area contributed by atoms with Crippen LogP contribution in [0.25, 0.3) is 0 Å². The first-order valence-electron chi connectivity index (χ1n) is 9.32. The van der Waals surface area contributed by atoms with Crippen molar-refractivity contribution in [2.24, 2.45) is 17.8 Å². The molecule has 0 aromatic carbocycles. The zero-order valence-electron chi connectivity index (χ0n) is 16.5. The summed E-state index contributed by atoms with van der Waals surface area (Å²) in [5.41, 5.74) is 5.56. The van der Waals surface area contributed by atoms with Crippen LogP contribution in [-0.2, 0) is 0 Å². The van der Waals surface area contributed by atoms with Crippen LogP contribution in [0.3, 0.4) is 0 Å². The number of thioether (sulfide) groups is 1. The summed E-state index contributed by atoms with van der Waals surface area (Å²) in [5.74, 6) is 3.31. The lowest BCUT2D eigenvalue weighted by molar-refractivity contribution is 0.299. The van der Waals surface area contributed by atoms with Gasteiger partial charge in [0.15, 0.2) is 0 Å². The maximum absolute atomic E-state index is 5.05. The van der Waals surface area contributed by atoms with Gasteiger partial charge in [-0.25, -0.2) is 0 Å². The third kappa shape index (κ3) is 3.62. The van der Waals surface area contributed by atoms with E-state index in [1.807, 2.05) is 0 Å². The maximum Gasteiger partial charge on any atom is 0.0478 e. The smallest absolute Gasteiger partial charge is 0.0478 e. The molecule has 1 aliphatic rings. The number of aryl methyl sites for hydroxylation is 1. The zero-order valence-corrected chi connectivity index (χ0v) is 17.3. The molecule has 1 aromatic heterocycles. The van der Waals surface area contributed by atoms with E-state index in [-0.39, 0.29) is 0 Å². The summed E-state index contributed by atoms with van der Waals surface area (Å²) in [6.45, 7) is 21.1. The highest BCUT2D eigenvalue weighted by molar-refractivity contribution is 8.00. The van der Waals surface area contributed by atoms with Gasteiger partial charge in [0.2, 0.25) is 0 Å². The van der Waals surface area contributed by atoms with Gasteiger partial charge < -0.3 is 0 Å². The molecular weight excluding hydrogens is 298 g/mol. The summed E-state index contributed by atoms with van der Waals surface area (Å²) in [7, 11) is 0. The highest BCUT2D eigenvalue weighted by Gasteiger charge is 2.34. The minimum atomic E-state index is 0.493. The number of nitrogens with zero attached hydrogens (tertiary/aromatic N) is 1. The standard InChI is InChI=1S/C21H35NS/c1-11(2)18-10-13(5)14(6)17(9)23-21-15(7)16(8)22-20(12(3)4)19(18)21/h11-14,17-18H,10H2,1-9H3/t13-,14-,17-,18?/m1/s1. The highest BCUT2D eigenvalue weighted by atomic mass is 32.2. The normalized spacial score (nSPS) is 28.7. The Morgan fingerprint density at radius 2 is 1.65 bits per heavy atom. The molecule has 0 spiro atoms. The molecule has 0 saturated carbocycles. The number of rotatable bonds is 2. The maximum atomic E-state index is 5.05. The van der Waals surface area contributed by atoms with Gasteiger partial charge in [-0.05, 0) is 61.0 Å². The summed E-state index contributed by atoms with van der Waals surface area (Å²) in [6.07, 6.45) is 1.29. The second-order valence-electron chi connectivity index (χ2n) is 8.35. The van der Waals surface area contributed by atoms with Crippen LogP contribution >= 0.6 is 11.8 Å². The first-order valence-corrected chi connectivity index (χ1v) is 10.2. The molecular formula is C21H35NS. The molecule has 4 atom stereocenters. The summed E-state index contributed by atoms with van der Waals surface area (Å²) in [4.78, 5) is 6.59. The van der Waals surface area contributed by atoms with E-state index in [9.17, 15) is 0 Å². The summed E-state index contributed by atoms with van der Waals surface area (Å²) >= 11 is 2.11. The molecule has 0 amide bonds. The molecule has 0 fully saturated rings. The van der Waals surface area contributed by atoms with E-state index in [0.717, 1.165) is 11.8 Å². The Balaban J connectivity index is 2.74. The first-order chi connectivity index (χ1) is 10.6. The Labute approximate surface area is 148 Å². The molecule has 0 aliphatic carbocycles. The molecule has 1 aromatic rings. The number of hydrogen-bond acceptors (Lipinski definition) is 2. The number of fused-ring (bicyclic) bond motifs is 1. The van der Waals surface area contributed by atoms with Crippen molar-refractivity contribution in [2.75, 3.05) is 0 Å². The molecule has 0 bridgehead atoms. The Hall–Kier alpha value is -0.500. The summed E-state index contributed by atoms with van der Waals surface area (Å²) in [5, 5.41) is 0.664. The number of pyridine rings is 1. The van der Waals surface area contributed by atoms with Gasteiger partial charge in [0.25, 0.3) is 0 Å². The van der Waals surface area contributed by atoms with Crippen molar-refractivity contribution >= 4 is 11.8 Å². The van der Waals surface area contributed by atoms with Gasteiger partial charge in [0.05, 0.1) is 0 Å². The fraction of sp³-hybridized carbons (Fsp3) is 0.762. The second-order valence-corrected chi connectivity index (χ2v) is 9.74. The second kappa shape index (κ2) is 7.17. The van der Waals surface area contributed by atoms with E-state index in [1.165, 1.54) is 23.4 Å². The molecule has 130 valence electrons. The number of aromatic nitrogens is 1. The molecule has 2 heteroatoms. The van der Waals surface area contributed by atoms with Crippen LogP contribution in [0, 0.1) is 31.6 Å². The highest BCUT2D eigenvalue weighted by Crippen LogP contribution is 2.48. The van der Waals surface area contributed by atoms with Crippen molar-refractivity contribution in [3.8, 4) is 0 Å². The number of hydrogen-bond donors (Lipinski definition) is 0. The van der Waals surface area contributed by atoms with Gasteiger partial charge in [-0.3, -0.25) is 4.98 Å². The fourth-order valence-electron chi connectivity index (χ4n) is 3.85. The predicted octanol–water partition coefficient (Wildman–Crippen LogP) is 6.72. The van der Waals surface area contributed by atoms with Crippen LogP contribution in [0.5, 0.6) is 0 Å². The Morgan fingerprint density at radius 3 is 2.17 bits per heavy atom. The average Bonchev–Trinajstić information content (AvgIpc) is 2.47. The van der Waals surface area contributed by atoms with Crippen molar-refractivity contribution in [1.82, 2.24) is 4.98 Å². The van der Waals surface area contributed by atoms with E-state index in [2.05, 4.69) is 74.1 Å². The van der Waals surface area contributed by atoms with Crippen LogP contribution in [0.1, 0.15) is 89.2 Å². The Morgan fingerprint density at radius 1 is 1.04 bits per heavy atom. The van der Waals surface area contributed by atoms with E-state index in [1.54, 1.807) is 10.5 Å². The van der Waals surface area contributed by atoms with Crippen molar-refractivity contribution in [2.45, 2.75) is 90.7 Å². The van der Waals surface area contributed by atoms with Gasteiger partial charge in [0, 0.05) is 21.5 Å². The molecule has 23 heavy (non-hydrogen) atoms. The molecule has 2 heterocycles. The minimum absolute atomic E-state index is 0.493. The van der Waals surface area contributed by atoms with Crippen LogP contribution in [-0.4, -0.2) is 10.2 Å². The molecule has 1 aliphatic heterocycles. The van der Waals surface area contributed by atoms with E-state index in [0.29, 0.717) is 23.0 Å². The third-order valence-electron chi connectivity index (χ3n) is 5.98. The summed E-state index contributed by atoms with van der Waals surface area (Å²) in [6, 6.07) is 0. The van der Waals surface area contributed by atoms with Gasteiger partial charge >= 0.3 is 0 Å². The van der Waals surface area contributed by atoms with Crippen LogP contribution in [0.15, 0.2) is 4.90 Å². The van der Waals surface area contributed by atoms with Crippen molar-refractivity contribution < 1.29 is 0 Å². The van der Waals surface area contributed by atoms with Gasteiger partial charge in [-0.2, -0.15) is 0 Å². The van der Waals surface area contributed by atoms with Gasteiger partial charge in [-0.1, -0.05) is 48.5 Å². The van der Waals surface area contributed by atoms with E-state index < -0.39 is 0 Å². The fourth-order valence-corrected chi connectivity index (χ4v) is 5.41. The molecule has 0 saturated heterocycles. The lowest BCUT2D eigenvalue weighted by Crippen LogP contribution is -2.27. The first kappa shape index (κ1) is 18.8. The predicted molar refractivity (Wildman–Crippen MR) is 104 cm³/mol. The topological polar surface area (TPSA) is 12.9 Å². The Bertz CT molecular complexity index is 561. The van der Waals surface area contributed by atoms with E-state index >= 15 is 0 Å². The lowest BCUT2D eigenvalue weighted by atomic mass is 9.75. The monoisotopic (exact) mass is 333 g/mol. The van der Waals surface area contributed by atoms with Crippen molar-refractivity contribution in [3.63, 3.8) is 0 Å². The Kier molecular flexibility index (Phi) is 5.87. The lowest BCUT2D eigenvalue weighted by Gasteiger charge is -2.37. The molecule has 1 unspecified atom stereocenters. The quantitative estimate of drug-likeness (QED) is 0.596. The molecule has 2 rings (SSSR count). The average molecular weight is 334 g/mol. The van der Waals surface area contributed by atoms with Crippen molar-refractivity contribution in [1.29, 1.82) is 0 Å². The molecule has 1 nitrogen and oxygen atoms in total. The zero-order chi connectivity index (χ0) is 17.5. The molecule has 0 N–H and O–H groups in total. The van der Waals surface area contributed by atoms with E-state index in [4.69, 9.17) is 4.98 Å². The van der Waals surface area contributed by atoms with Gasteiger partial charge in [0.1, 0.15) is 0 Å². The third-order valence-corrected chi connectivity index (χ3v) is 7.54. The van der Waals surface area contributed by atoms with Gasteiger partial charge in [-0.15, -0.1) is 11.8 Å². The van der Waals surface area contributed by atoms with Crippen LogP contribution in [0.4, 0.5) is 0 Å². The molecule has 0 radical (unpaired) electrons. The minimum Gasteiger partial charge on any atom is -0.257 e. The SMILES string of the molecule is Cc1nc(C(C)C)c2c(c1C)S[C@H](C)[C@H](C)[C@H](C)CC2C(C)C.